The quantitative estimate of drug-likeness (QED) is 0.645. The van der Waals surface area contributed by atoms with Gasteiger partial charge in [0, 0.05) is 11.7 Å². The fraction of sp³-hybridized carbons (Fsp3) is 0.385. The van der Waals surface area contributed by atoms with Crippen LogP contribution >= 0.6 is 12.2 Å². The van der Waals surface area contributed by atoms with Crippen molar-refractivity contribution in [3.8, 4) is 0 Å². The average Bonchev–Trinajstić information content (AvgIpc) is 3.14. The maximum Gasteiger partial charge on any atom is 0.338 e. The molecule has 96 valence electrons. The number of hydrogen-bond donors (Lipinski definition) is 2. The number of nitrogens with one attached hydrogen (secondary N) is 2. The predicted octanol–water partition coefficient (Wildman–Crippen LogP) is 2.31. The topological polar surface area (TPSA) is 50.4 Å². The Morgan fingerprint density at radius 2 is 2.06 bits per heavy atom. The van der Waals surface area contributed by atoms with Crippen LogP contribution < -0.4 is 10.6 Å². The van der Waals surface area contributed by atoms with Gasteiger partial charge < -0.3 is 15.4 Å². The van der Waals surface area contributed by atoms with Gasteiger partial charge in [0.2, 0.25) is 0 Å². The normalized spacial score (nSPS) is 13.8. The highest BCUT2D eigenvalue weighted by atomic mass is 32.1. The lowest BCUT2D eigenvalue weighted by atomic mass is 10.2. The van der Waals surface area contributed by atoms with Crippen molar-refractivity contribution in [1.29, 1.82) is 0 Å². The maximum atomic E-state index is 11.5. The summed E-state index contributed by atoms with van der Waals surface area (Å²) in [6, 6.07) is 7.60. The molecule has 0 heterocycles. The van der Waals surface area contributed by atoms with Gasteiger partial charge in [0.25, 0.3) is 0 Å². The number of thiocarbonyl (C=S) groups is 1. The molecule has 1 aromatic rings. The van der Waals surface area contributed by atoms with E-state index in [1.54, 1.807) is 19.1 Å². The second kappa shape index (κ2) is 5.82. The molecule has 0 spiro atoms. The summed E-state index contributed by atoms with van der Waals surface area (Å²) in [4.78, 5) is 11.5. The first-order chi connectivity index (χ1) is 8.69. The molecular weight excluding hydrogens is 248 g/mol. The van der Waals surface area contributed by atoms with E-state index < -0.39 is 0 Å². The first-order valence-electron chi connectivity index (χ1n) is 6.03. The van der Waals surface area contributed by atoms with Gasteiger partial charge in [0.05, 0.1) is 12.2 Å². The Balaban J connectivity index is 1.90. The van der Waals surface area contributed by atoms with E-state index >= 15 is 0 Å². The van der Waals surface area contributed by atoms with Crippen LogP contribution in [0.4, 0.5) is 5.69 Å². The fourth-order valence-corrected chi connectivity index (χ4v) is 1.77. The molecule has 4 nitrogen and oxygen atoms in total. The molecule has 0 amide bonds. The number of anilines is 1. The zero-order valence-corrected chi connectivity index (χ0v) is 11.0. The summed E-state index contributed by atoms with van der Waals surface area (Å²) in [5.74, 6) is -0.303. The molecule has 0 aliphatic heterocycles. The van der Waals surface area contributed by atoms with Crippen molar-refractivity contribution in [3.63, 3.8) is 0 Å². The minimum atomic E-state index is -0.303. The Morgan fingerprint density at radius 1 is 1.39 bits per heavy atom. The molecular formula is C13H16N2O2S. The van der Waals surface area contributed by atoms with E-state index in [0.717, 1.165) is 5.69 Å². The molecule has 0 unspecified atom stereocenters. The van der Waals surface area contributed by atoms with Gasteiger partial charge in [-0.1, -0.05) is 0 Å². The zero-order valence-electron chi connectivity index (χ0n) is 10.2. The molecule has 1 aliphatic carbocycles. The van der Waals surface area contributed by atoms with E-state index in [1.807, 2.05) is 12.1 Å². The first kappa shape index (κ1) is 12.8. The van der Waals surface area contributed by atoms with Gasteiger partial charge in [-0.05, 0) is 56.2 Å². The van der Waals surface area contributed by atoms with Crippen molar-refractivity contribution < 1.29 is 9.53 Å². The molecule has 2 rings (SSSR count). The number of esters is 1. The Hall–Kier alpha value is -1.62. The van der Waals surface area contributed by atoms with Gasteiger partial charge in [-0.15, -0.1) is 0 Å². The highest BCUT2D eigenvalue weighted by Crippen LogP contribution is 2.19. The SMILES string of the molecule is CCOC(=O)c1ccc(NC(=S)NC2CC2)cc1. The van der Waals surface area contributed by atoms with Crippen molar-refractivity contribution in [1.82, 2.24) is 5.32 Å². The molecule has 1 aromatic carbocycles. The molecule has 1 aliphatic rings. The Bertz CT molecular complexity index is 441. The molecule has 1 saturated carbocycles. The van der Waals surface area contributed by atoms with Crippen molar-refractivity contribution in [2.45, 2.75) is 25.8 Å². The Morgan fingerprint density at radius 3 is 2.61 bits per heavy atom. The van der Waals surface area contributed by atoms with E-state index in [1.165, 1.54) is 12.8 Å². The summed E-state index contributed by atoms with van der Waals surface area (Å²) in [5, 5.41) is 6.89. The number of benzene rings is 1. The van der Waals surface area contributed by atoms with Crippen molar-refractivity contribution in [3.05, 3.63) is 29.8 Å². The lowest BCUT2D eigenvalue weighted by Crippen LogP contribution is -2.30. The van der Waals surface area contributed by atoms with Gasteiger partial charge >= 0.3 is 5.97 Å². The third kappa shape index (κ3) is 3.70. The lowest BCUT2D eigenvalue weighted by molar-refractivity contribution is 0.0526. The Kier molecular flexibility index (Phi) is 4.15. The molecule has 0 atom stereocenters. The molecule has 0 aromatic heterocycles. The number of rotatable bonds is 4. The number of hydrogen-bond acceptors (Lipinski definition) is 3. The van der Waals surface area contributed by atoms with Crippen LogP contribution in [0.15, 0.2) is 24.3 Å². The van der Waals surface area contributed by atoms with Crippen LogP contribution in [-0.2, 0) is 4.74 Å². The number of ether oxygens (including phenoxy) is 1. The van der Waals surface area contributed by atoms with E-state index in [9.17, 15) is 4.79 Å². The Labute approximate surface area is 112 Å². The van der Waals surface area contributed by atoms with Crippen molar-refractivity contribution >= 4 is 29.0 Å². The summed E-state index contributed by atoms with van der Waals surface area (Å²) in [7, 11) is 0. The van der Waals surface area contributed by atoms with E-state index in [-0.39, 0.29) is 5.97 Å². The standard InChI is InChI=1S/C13H16N2O2S/c1-2-17-12(16)9-3-5-10(6-4-9)14-13(18)15-11-7-8-11/h3-6,11H,2,7-8H2,1H3,(H2,14,15,18). The first-order valence-corrected chi connectivity index (χ1v) is 6.44. The molecule has 0 saturated heterocycles. The van der Waals surface area contributed by atoms with Crippen LogP contribution in [0.25, 0.3) is 0 Å². The van der Waals surface area contributed by atoms with Crippen LogP contribution in [-0.4, -0.2) is 23.7 Å². The van der Waals surface area contributed by atoms with Crippen LogP contribution in [0.1, 0.15) is 30.1 Å². The summed E-state index contributed by atoms with van der Waals surface area (Å²) in [6.07, 6.45) is 2.37. The number of carbonyl (C=O) groups excluding carboxylic acids is 1. The summed E-state index contributed by atoms with van der Waals surface area (Å²) < 4.78 is 4.91. The zero-order chi connectivity index (χ0) is 13.0. The van der Waals surface area contributed by atoms with Gasteiger partial charge in [0.1, 0.15) is 0 Å². The van der Waals surface area contributed by atoms with E-state index in [4.69, 9.17) is 17.0 Å². The molecule has 18 heavy (non-hydrogen) atoms. The van der Waals surface area contributed by atoms with Crippen LogP contribution in [0.3, 0.4) is 0 Å². The molecule has 2 N–H and O–H groups in total. The van der Waals surface area contributed by atoms with Crippen LogP contribution in [0.5, 0.6) is 0 Å². The second-order valence-electron chi connectivity index (χ2n) is 4.17. The van der Waals surface area contributed by atoms with Crippen LogP contribution in [0, 0.1) is 0 Å². The molecule has 0 bridgehead atoms. The third-order valence-corrected chi connectivity index (χ3v) is 2.79. The van der Waals surface area contributed by atoms with Crippen molar-refractivity contribution in [2.75, 3.05) is 11.9 Å². The highest BCUT2D eigenvalue weighted by molar-refractivity contribution is 7.80. The summed E-state index contributed by atoms with van der Waals surface area (Å²) >= 11 is 5.16. The molecule has 5 heteroatoms. The minimum Gasteiger partial charge on any atom is -0.462 e. The summed E-state index contributed by atoms with van der Waals surface area (Å²) in [6.45, 7) is 2.17. The molecule has 1 fully saturated rings. The average molecular weight is 264 g/mol. The minimum absolute atomic E-state index is 0.303. The fourth-order valence-electron chi connectivity index (χ4n) is 1.48. The lowest BCUT2D eigenvalue weighted by Gasteiger charge is -2.09. The largest absolute Gasteiger partial charge is 0.462 e. The monoisotopic (exact) mass is 264 g/mol. The third-order valence-electron chi connectivity index (χ3n) is 2.57. The van der Waals surface area contributed by atoms with E-state index in [0.29, 0.717) is 23.3 Å². The maximum absolute atomic E-state index is 11.5. The van der Waals surface area contributed by atoms with Gasteiger partial charge in [-0.3, -0.25) is 0 Å². The van der Waals surface area contributed by atoms with Gasteiger partial charge in [0.15, 0.2) is 5.11 Å². The van der Waals surface area contributed by atoms with Crippen molar-refractivity contribution in [2.24, 2.45) is 0 Å². The number of carbonyl (C=O) groups is 1. The molecule has 0 radical (unpaired) electrons. The van der Waals surface area contributed by atoms with E-state index in [2.05, 4.69) is 10.6 Å². The summed E-state index contributed by atoms with van der Waals surface area (Å²) in [5.41, 5.74) is 1.41. The second-order valence-corrected chi connectivity index (χ2v) is 4.58. The highest BCUT2D eigenvalue weighted by Gasteiger charge is 2.21. The van der Waals surface area contributed by atoms with Gasteiger partial charge in [-0.2, -0.15) is 0 Å². The smallest absolute Gasteiger partial charge is 0.338 e. The van der Waals surface area contributed by atoms with Gasteiger partial charge in [-0.25, -0.2) is 4.79 Å². The van der Waals surface area contributed by atoms with Crippen LogP contribution in [0.2, 0.25) is 0 Å². The predicted molar refractivity (Wildman–Crippen MR) is 74.8 cm³/mol.